The van der Waals surface area contributed by atoms with Crippen molar-refractivity contribution in [2.24, 2.45) is 0 Å². The fraction of sp³-hybridized carbons (Fsp3) is 0.500. The van der Waals surface area contributed by atoms with Crippen molar-refractivity contribution in [3.63, 3.8) is 0 Å². The van der Waals surface area contributed by atoms with Crippen molar-refractivity contribution in [2.45, 2.75) is 12.8 Å². The number of carbonyl (C=O) groups excluding carboxylic acids is 2. The molecule has 1 rings (SSSR count). The smallest absolute Gasteiger partial charge is 0.216 e. The molecule has 1 aliphatic rings. The molecule has 9 heavy (non-hydrogen) atoms. The Morgan fingerprint density at radius 3 is 2.00 bits per heavy atom. The van der Waals surface area contributed by atoms with Gasteiger partial charge in [-0.2, -0.15) is 0 Å². The molecule has 1 aliphatic heterocycles. The number of hydrogen-bond donors (Lipinski definition) is 0. The first-order valence-electron chi connectivity index (χ1n) is 3.09. The molecular formula is C4H7B2NO2. The van der Waals surface area contributed by atoms with Gasteiger partial charge >= 0.3 is 0 Å². The van der Waals surface area contributed by atoms with Gasteiger partial charge in [0.25, 0.3) is 0 Å². The second kappa shape index (κ2) is 2.25. The number of amides is 2. The first-order chi connectivity index (χ1) is 4.25. The fourth-order valence-corrected chi connectivity index (χ4v) is 0.976. The number of imide groups is 1. The third-order valence-corrected chi connectivity index (χ3v) is 1.47. The lowest BCUT2D eigenvalue weighted by Gasteiger charge is -2.07. The molecule has 46 valence electrons. The molecule has 0 aromatic carbocycles. The van der Waals surface area contributed by atoms with Crippen molar-refractivity contribution in [3.8, 4) is 0 Å². The normalized spacial score (nSPS) is 18.9. The highest BCUT2D eigenvalue weighted by atomic mass is 16.2. The van der Waals surface area contributed by atoms with E-state index in [1.165, 1.54) is 4.81 Å². The summed E-state index contributed by atoms with van der Waals surface area (Å²) in [5, 5.41) is 0. The van der Waals surface area contributed by atoms with Crippen molar-refractivity contribution in [2.75, 3.05) is 0 Å². The van der Waals surface area contributed by atoms with Gasteiger partial charge in [-0.25, -0.2) is 0 Å². The van der Waals surface area contributed by atoms with Gasteiger partial charge in [0.1, 0.15) is 0 Å². The minimum Gasteiger partial charge on any atom is -0.341 e. The van der Waals surface area contributed by atoms with Crippen LogP contribution in [-0.4, -0.2) is 31.7 Å². The Kier molecular flexibility index (Phi) is 1.60. The Balaban J connectivity index is 2.66. The minimum atomic E-state index is -0.0255. The first kappa shape index (κ1) is 6.39. The molecule has 0 unspecified atom stereocenters. The molecular weight excluding hydrogens is 116 g/mol. The third-order valence-electron chi connectivity index (χ3n) is 1.47. The van der Waals surface area contributed by atoms with E-state index in [4.69, 9.17) is 0 Å². The summed E-state index contributed by atoms with van der Waals surface area (Å²) in [6.45, 7) is 0. The number of carbonyl (C=O) groups is 2. The topological polar surface area (TPSA) is 37.4 Å². The maximum absolute atomic E-state index is 10.7. The molecule has 0 atom stereocenters. The maximum atomic E-state index is 10.7. The van der Waals surface area contributed by atoms with Crippen LogP contribution in [-0.2, 0) is 9.59 Å². The van der Waals surface area contributed by atoms with Crippen molar-refractivity contribution in [1.82, 2.24) is 4.81 Å². The Hall–Kier alpha value is -0.730. The van der Waals surface area contributed by atoms with Crippen molar-refractivity contribution >= 4 is 26.9 Å². The summed E-state index contributed by atoms with van der Waals surface area (Å²) in [5.74, 6) is -0.0509. The van der Waals surface area contributed by atoms with Gasteiger partial charge in [0.05, 0.1) is 7.74 Å². The van der Waals surface area contributed by atoms with E-state index in [-0.39, 0.29) is 11.8 Å². The third kappa shape index (κ3) is 0.991. The molecule has 0 bridgehead atoms. The van der Waals surface area contributed by atoms with Gasteiger partial charge in [0.15, 0.2) is 0 Å². The van der Waals surface area contributed by atoms with E-state index >= 15 is 0 Å². The zero-order valence-corrected chi connectivity index (χ0v) is 5.39. The second-order valence-corrected chi connectivity index (χ2v) is 2.03. The van der Waals surface area contributed by atoms with Gasteiger partial charge in [0, 0.05) is 12.8 Å². The van der Waals surface area contributed by atoms with Crippen LogP contribution in [0.3, 0.4) is 0 Å². The minimum absolute atomic E-state index is 0.0255. The SMILES string of the molecule is BBN1C(=O)CCC1=O. The Morgan fingerprint density at radius 1 is 1.33 bits per heavy atom. The van der Waals surface area contributed by atoms with E-state index in [0.29, 0.717) is 20.1 Å². The Bertz CT molecular complexity index is 143. The van der Waals surface area contributed by atoms with Crippen molar-refractivity contribution in [3.05, 3.63) is 0 Å². The lowest BCUT2D eigenvalue weighted by Crippen LogP contribution is -2.32. The Morgan fingerprint density at radius 2 is 1.78 bits per heavy atom. The predicted octanol–water partition coefficient (Wildman–Crippen LogP) is -1.97. The largest absolute Gasteiger partial charge is 0.341 e. The monoisotopic (exact) mass is 123 g/mol. The van der Waals surface area contributed by atoms with E-state index < -0.39 is 0 Å². The van der Waals surface area contributed by atoms with Gasteiger partial charge in [-0.3, -0.25) is 9.59 Å². The standard InChI is InChI=1S/C4H7B2NO2/c5-6-7-3(8)1-2-4(7)9/h6H,1-2,5H2. The van der Waals surface area contributed by atoms with E-state index in [1.807, 2.05) is 0 Å². The summed E-state index contributed by atoms with van der Waals surface area (Å²) < 4.78 is 0. The number of hydrogen-bond acceptors (Lipinski definition) is 2. The lowest BCUT2D eigenvalue weighted by molar-refractivity contribution is -0.132. The van der Waals surface area contributed by atoms with Crippen LogP contribution in [0.15, 0.2) is 0 Å². The predicted molar refractivity (Wildman–Crippen MR) is 36.8 cm³/mol. The van der Waals surface area contributed by atoms with Crippen molar-refractivity contribution < 1.29 is 9.59 Å². The lowest BCUT2D eigenvalue weighted by atomic mass is 9.65. The second-order valence-electron chi connectivity index (χ2n) is 2.03. The van der Waals surface area contributed by atoms with Gasteiger partial charge in [-0.05, 0) is 0 Å². The van der Waals surface area contributed by atoms with Crippen LogP contribution in [0.25, 0.3) is 0 Å². The van der Waals surface area contributed by atoms with Crippen LogP contribution < -0.4 is 0 Å². The molecule has 0 aliphatic carbocycles. The Labute approximate surface area is 55.1 Å². The fourth-order valence-electron chi connectivity index (χ4n) is 0.976. The molecule has 0 aromatic rings. The van der Waals surface area contributed by atoms with Crippen LogP contribution in [0.2, 0.25) is 0 Å². The quantitative estimate of drug-likeness (QED) is 0.299. The molecule has 1 fully saturated rings. The van der Waals surface area contributed by atoms with Gasteiger partial charge in [-0.15, -0.1) is 0 Å². The summed E-state index contributed by atoms with van der Waals surface area (Å²) in [6, 6.07) is 0. The van der Waals surface area contributed by atoms with Gasteiger partial charge in [-0.1, -0.05) is 0 Å². The molecule has 1 saturated heterocycles. The zero-order chi connectivity index (χ0) is 6.85. The van der Waals surface area contributed by atoms with Crippen LogP contribution in [0.1, 0.15) is 12.8 Å². The van der Waals surface area contributed by atoms with Gasteiger partial charge < -0.3 is 4.81 Å². The van der Waals surface area contributed by atoms with Crippen LogP contribution in [0.5, 0.6) is 0 Å². The molecule has 1 heterocycles. The van der Waals surface area contributed by atoms with E-state index in [0.717, 1.165) is 0 Å². The highest BCUT2D eigenvalue weighted by molar-refractivity contribution is 6.90. The van der Waals surface area contributed by atoms with E-state index in [2.05, 4.69) is 0 Å². The highest BCUT2D eigenvalue weighted by Crippen LogP contribution is 2.08. The average Bonchev–Trinajstić information content (AvgIpc) is 2.12. The van der Waals surface area contributed by atoms with E-state index in [1.54, 1.807) is 7.74 Å². The molecule has 2 amide bonds. The summed E-state index contributed by atoms with van der Waals surface area (Å²) in [5.41, 5.74) is 0. The summed E-state index contributed by atoms with van der Waals surface area (Å²) in [4.78, 5) is 22.7. The number of nitrogens with zero attached hydrogens (tertiary/aromatic N) is 1. The molecule has 0 radical (unpaired) electrons. The van der Waals surface area contributed by atoms with Crippen LogP contribution >= 0.6 is 0 Å². The summed E-state index contributed by atoms with van der Waals surface area (Å²) in [6.07, 6.45) is 0.819. The molecule has 0 spiro atoms. The van der Waals surface area contributed by atoms with Crippen LogP contribution in [0, 0.1) is 0 Å². The van der Waals surface area contributed by atoms with Crippen molar-refractivity contribution in [1.29, 1.82) is 0 Å². The zero-order valence-electron chi connectivity index (χ0n) is 5.39. The van der Waals surface area contributed by atoms with Gasteiger partial charge in [0.2, 0.25) is 19.1 Å². The highest BCUT2D eigenvalue weighted by Gasteiger charge is 2.26. The van der Waals surface area contributed by atoms with Crippen LogP contribution in [0.4, 0.5) is 0 Å². The maximum Gasteiger partial charge on any atom is 0.216 e. The molecule has 5 heteroatoms. The molecule has 0 N–H and O–H groups in total. The molecule has 0 saturated carbocycles. The molecule has 3 nitrogen and oxygen atoms in total. The summed E-state index contributed by atoms with van der Waals surface area (Å²) in [7, 11) is 2.33. The molecule has 0 aromatic heterocycles. The summed E-state index contributed by atoms with van der Waals surface area (Å²) >= 11 is 0. The average molecular weight is 123 g/mol. The van der Waals surface area contributed by atoms with E-state index in [9.17, 15) is 9.59 Å². The first-order valence-corrected chi connectivity index (χ1v) is 3.09. The number of rotatable bonds is 1.